The Kier molecular flexibility index (Phi) is 10.2. The third kappa shape index (κ3) is 6.32. The Morgan fingerprint density at radius 2 is 1.79 bits per heavy atom. The van der Waals surface area contributed by atoms with Crippen molar-refractivity contribution in [2.45, 2.75) is 121 Å². The largest absolute Gasteiger partial charge is 0.396 e. The van der Waals surface area contributed by atoms with E-state index in [4.69, 9.17) is 0 Å². The molecule has 0 aromatic carbocycles. The smallest absolute Gasteiger partial charge is 0.0650 e. The summed E-state index contributed by atoms with van der Waals surface area (Å²) in [7, 11) is 0. The molecule has 0 spiro atoms. The molecule has 3 fully saturated rings. The maximum Gasteiger partial charge on any atom is 0.0650 e. The maximum atomic E-state index is 10.7. The minimum absolute atomic E-state index is 0.0120. The van der Waals surface area contributed by atoms with Gasteiger partial charge < -0.3 is 20.4 Å². The second kappa shape index (κ2) is 12.3. The molecule has 0 bridgehead atoms. The van der Waals surface area contributed by atoms with Gasteiger partial charge in [0.2, 0.25) is 0 Å². The minimum Gasteiger partial charge on any atom is -0.396 e. The summed E-state index contributed by atoms with van der Waals surface area (Å²) in [4.78, 5) is 0. The highest BCUT2D eigenvalue weighted by molar-refractivity contribution is 7.99. The predicted octanol–water partition coefficient (Wildman–Crippen LogP) is 5.63. The number of hydrogen-bond acceptors (Lipinski definition) is 5. The van der Waals surface area contributed by atoms with Crippen molar-refractivity contribution in [3.05, 3.63) is 23.3 Å². The number of thioether (sulfide) groups is 1. The van der Waals surface area contributed by atoms with Crippen molar-refractivity contribution in [3.8, 4) is 0 Å². The van der Waals surface area contributed by atoms with Crippen molar-refractivity contribution in [3.63, 3.8) is 0 Å². The molecule has 34 heavy (non-hydrogen) atoms. The van der Waals surface area contributed by atoms with Gasteiger partial charge in [-0.1, -0.05) is 51.0 Å². The number of aliphatic hydroxyl groups excluding tert-OH is 3. The number of allylic oxidation sites excluding steroid dienone is 3. The van der Waals surface area contributed by atoms with E-state index in [1.165, 1.54) is 25.7 Å². The van der Waals surface area contributed by atoms with Crippen LogP contribution in [0.5, 0.6) is 0 Å². The van der Waals surface area contributed by atoms with Gasteiger partial charge >= 0.3 is 0 Å². The van der Waals surface area contributed by atoms with E-state index in [1.54, 1.807) is 5.57 Å². The summed E-state index contributed by atoms with van der Waals surface area (Å²) in [6, 6.07) is 0. The van der Waals surface area contributed by atoms with Crippen LogP contribution in [0.1, 0.15) is 98.3 Å². The zero-order chi connectivity index (χ0) is 24.9. The van der Waals surface area contributed by atoms with Crippen molar-refractivity contribution >= 4 is 11.8 Å². The van der Waals surface area contributed by atoms with Gasteiger partial charge in [0.15, 0.2) is 0 Å². The first-order valence-corrected chi connectivity index (χ1v) is 14.9. The van der Waals surface area contributed by atoms with Crippen molar-refractivity contribution < 1.29 is 20.4 Å². The van der Waals surface area contributed by atoms with Crippen LogP contribution in [0.25, 0.3) is 0 Å². The van der Waals surface area contributed by atoms with E-state index >= 15 is 0 Å². The average molecular weight is 495 g/mol. The molecule has 0 heterocycles. The Hall–Kier alpha value is -0.330. The van der Waals surface area contributed by atoms with Gasteiger partial charge in [-0.2, -0.15) is 11.8 Å². The molecule has 0 radical (unpaired) electrons. The van der Waals surface area contributed by atoms with Crippen molar-refractivity contribution in [2.24, 2.45) is 23.2 Å². The lowest BCUT2D eigenvalue weighted by molar-refractivity contribution is -0.0163. The molecule has 0 aromatic heterocycles. The van der Waals surface area contributed by atoms with Gasteiger partial charge in [0, 0.05) is 17.8 Å². The fourth-order valence-corrected chi connectivity index (χ4v) is 8.83. The quantitative estimate of drug-likeness (QED) is 0.316. The monoisotopic (exact) mass is 494 g/mol. The molecule has 0 aromatic rings. The van der Waals surface area contributed by atoms with E-state index in [0.717, 1.165) is 37.0 Å². The van der Waals surface area contributed by atoms with Crippen molar-refractivity contribution in [1.29, 1.82) is 0 Å². The molecule has 5 heteroatoms. The lowest BCUT2D eigenvalue weighted by Crippen LogP contribution is -2.38. The topological polar surface area (TPSA) is 80.9 Å². The third-order valence-electron chi connectivity index (χ3n) is 9.80. The highest BCUT2D eigenvalue weighted by Gasteiger charge is 2.50. The summed E-state index contributed by atoms with van der Waals surface area (Å²) >= 11 is 2.06. The summed E-state index contributed by atoms with van der Waals surface area (Å²) in [5.41, 5.74) is 2.54. The van der Waals surface area contributed by atoms with Crippen LogP contribution in [0.3, 0.4) is 0 Å². The fourth-order valence-electron chi connectivity index (χ4n) is 7.28. The first-order chi connectivity index (χ1) is 16.2. The molecule has 0 amide bonds. The van der Waals surface area contributed by atoms with E-state index in [0.29, 0.717) is 41.8 Å². The van der Waals surface area contributed by atoms with Gasteiger partial charge in [0.05, 0.1) is 17.8 Å². The second-order valence-electron chi connectivity index (χ2n) is 11.6. The van der Waals surface area contributed by atoms with Crippen LogP contribution < -0.4 is 0 Å². The van der Waals surface area contributed by atoms with Crippen LogP contribution in [0.15, 0.2) is 23.3 Å². The van der Waals surface area contributed by atoms with Crippen molar-refractivity contribution in [2.75, 3.05) is 12.4 Å². The van der Waals surface area contributed by atoms with Crippen molar-refractivity contribution in [1.82, 2.24) is 0 Å². The number of fused-ring (bicyclic) bond motifs is 1. The molecule has 0 saturated heterocycles. The Labute approximate surface area is 212 Å². The summed E-state index contributed by atoms with van der Waals surface area (Å²) in [5.74, 6) is 2.17. The molecule has 4 nitrogen and oxygen atoms in total. The molecule has 3 aliphatic carbocycles. The van der Waals surface area contributed by atoms with Gasteiger partial charge in [0.25, 0.3) is 0 Å². The highest BCUT2D eigenvalue weighted by Crippen LogP contribution is 2.59. The first-order valence-electron chi connectivity index (χ1n) is 13.9. The lowest BCUT2D eigenvalue weighted by atomic mass is 9.63. The van der Waals surface area contributed by atoms with Crippen LogP contribution in [-0.2, 0) is 0 Å². The molecule has 0 aliphatic heterocycles. The molecular weight excluding hydrogens is 444 g/mol. The first kappa shape index (κ1) is 28.2. The second-order valence-corrected chi connectivity index (χ2v) is 13.1. The van der Waals surface area contributed by atoms with Gasteiger partial charge in [-0.3, -0.25) is 0 Å². The molecular formula is C29H50O4S. The van der Waals surface area contributed by atoms with E-state index in [2.05, 4.69) is 51.6 Å². The summed E-state index contributed by atoms with van der Waals surface area (Å²) in [6.45, 7) is 9.13. The number of rotatable bonds is 10. The summed E-state index contributed by atoms with van der Waals surface area (Å²) < 4.78 is 0. The molecule has 7 atom stereocenters. The van der Waals surface area contributed by atoms with E-state index < -0.39 is 17.8 Å². The zero-order valence-corrected chi connectivity index (χ0v) is 22.8. The normalized spacial score (nSPS) is 37.8. The van der Waals surface area contributed by atoms with E-state index in [-0.39, 0.29) is 12.5 Å². The number of hydrogen-bond donors (Lipinski definition) is 4. The van der Waals surface area contributed by atoms with Gasteiger partial charge in [-0.05, 0) is 93.6 Å². The average Bonchev–Trinajstić information content (AvgIpc) is 3.17. The van der Waals surface area contributed by atoms with Crippen LogP contribution >= 0.6 is 11.8 Å². The molecule has 3 aliphatic rings. The molecule has 2 unspecified atom stereocenters. The van der Waals surface area contributed by atoms with E-state index in [9.17, 15) is 20.4 Å². The zero-order valence-electron chi connectivity index (χ0n) is 22.0. The molecule has 4 N–H and O–H groups in total. The summed E-state index contributed by atoms with van der Waals surface area (Å²) in [5, 5.41) is 41.4. The standard InChI is InChI=1S/C29H50O4S/c1-5-29(33,6-2)15-17-34-20(3)24-11-12-25-22(8-7-14-28(24,25)4)10-9-21-18-26(31)23(13-16-30)27(32)19-21/h9-10,20,23-27,30-33H,5-8,11-19H2,1-4H3/b21-9?,22-10+/t20-,23?,24+,25-,26+,27?,28+/m0/s1. The predicted molar refractivity (Wildman–Crippen MR) is 143 cm³/mol. The van der Waals surface area contributed by atoms with Crippen LogP contribution in [0, 0.1) is 23.2 Å². The van der Waals surface area contributed by atoms with Gasteiger partial charge in [-0.25, -0.2) is 0 Å². The summed E-state index contributed by atoms with van der Waals surface area (Å²) in [6.07, 6.45) is 13.9. The van der Waals surface area contributed by atoms with Crippen LogP contribution in [0.2, 0.25) is 0 Å². The molecule has 3 saturated carbocycles. The SMILES string of the molecule is CCC(O)(CC)CCS[C@@H](C)[C@H]1CC[C@H]2/C(=C/C=C3CC(O)C(CCO)[C@H](O)C3)CCC[C@]12C. The highest BCUT2D eigenvalue weighted by atomic mass is 32.2. The Morgan fingerprint density at radius 3 is 2.41 bits per heavy atom. The third-order valence-corrected chi connectivity index (χ3v) is 11.1. The Bertz CT molecular complexity index is 701. The molecule has 196 valence electrons. The Morgan fingerprint density at radius 1 is 1.12 bits per heavy atom. The maximum absolute atomic E-state index is 10.7. The lowest BCUT2D eigenvalue weighted by Gasteiger charge is -2.44. The minimum atomic E-state index is -0.566. The number of aliphatic hydroxyl groups is 4. The molecule has 3 rings (SSSR count). The van der Waals surface area contributed by atoms with Gasteiger partial charge in [-0.15, -0.1) is 0 Å². The fraction of sp³-hybridized carbons (Fsp3) is 0.862. The van der Waals surface area contributed by atoms with Crippen LogP contribution in [0.4, 0.5) is 0 Å². The van der Waals surface area contributed by atoms with Crippen LogP contribution in [-0.4, -0.2) is 55.8 Å². The van der Waals surface area contributed by atoms with E-state index in [1.807, 2.05) is 0 Å². The van der Waals surface area contributed by atoms with Gasteiger partial charge in [0.1, 0.15) is 0 Å². The Balaban J connectivity index is 1.63.